The Morgan fingerprint density at radius 2 is 1.71 bits per heavy atom. The van der Waals surface area contributed by atoms with E-state index in [1.165, 1.54) is 0 Å². The molecule has 1 atom stereocenters. The van der Waals surface area contributed by atoms with Crippen LogP contribution in [0, 0.1) is 0 Å². The molecule has 1 aromatic rings. The predicted octanol–water partition coefficient (Wildman–Crippen LogP) is 4.59. The monoisotopic (exact) mass is 313 g/mol. The van der Waals surface area contributed by atoms with Crippen LogP contribution in [0.2, 0.25) is 5.02 Å². The Hall–Kier alpha value is -0.930. The zero-order valence-electron chi connectivity index (χ0n) is 13.5. The molecule has 0 heterocycles. The van der Waals surface area contributed by atoms with E-state index in [4.69, 9.17) is 26.8 Å². The van der Waals surface area contributed by atoms with Gasteiger partial charge in [0.15, 0.2) is 0 Å². The summed E-state index contributed by atoms with van der Waals surface area (Å²) in [7, 11) is 0. The first-order valence-electron chi connectivity index (χ1n) is 7.92. The zero-order chi connectivity index (χ0) is 15.7. The van der Waals surface area contributed by atoms with Crippen molar-refractivity contribution in [3.8, 4) is 11.5 Å². The van der Waals surface area contributed by atoms with Gasteiger partial charge >= 0.3 is 0 Å². The van der Waals surface area contributed by atoms with Crippen molar-refractivity contribution in [3.63, 3.8) is 0 Å². The lowest BCUT2D eigenvalue weighted by Crippen LogP contribution is -2.14. The third kappa shape index (κ3) is 6.58. The Kier molecular flexibility index (Phi) is 8.55. The van der Waals surface area contributed by atoms with Crippen molar-refractivity contribution in [2.75, 3.05) is 13.2 Å². The van der Waals surface area contributed by atoms with Crippen molar-refractivity contribution in [1.29, 1.82) is 0 Å². The summed E-state index contributed by atoms with van der Waals surface area (Å²) in [5, 5.41) is 0.656. The van der Waals surface area contributed by atoms with Crippen molar-refractivity contribution in [1.82, 2.24) is 0 Å². The third-order valence-corrected chi connectivity index (χ3v) is 3.44. The largest absolute Gasteiger partial charge is 0.493 e. The molecule has 0 aliphatic carbocycles. The summed E-state index contributed by atoms with van der Waals surface area (Å²) in [5.41, 5.74) is 6.94. The lowest BCUT2D eigenvalue weighted by molar-refractivity contribution is 0.299. The Balaban J connectivity index is 2.84. The van der Waals surface area contributed by atoms with Gasteiger partial charge in [-0.3, -0.25) is 0 Å². The van der Waals surface area contributed by atoms with E-state index in [1.807, 2.05) is 19.1 Å². The van der Waals surface area contributed by atoms with Crippen LogP contribution in [0.15, 0.2) is 12.1 Å². The maximum Gasteiger partial charge on any atom is 0.141 e. The molecule has 0 aromatic heterocycles. The molecule has 0 bridgehead atoms. The summed E-state index contributed by atoms with van der Waals surface area (Å²) in [6, 6.07) is 4.13. The highest BCUT2D eigenvalue weighted by Gasteiger charge is 2.11. The van der Waals surface area contributed by atoms with E-state index in [0.717, 1.165) is 43.4 Å². The van der Waals surface area contributed by atoms with E-state index in [2.05, 4.69) is 13.8 Å². The number of rotatable bonds is 10. The lowest BCUT2D eigenvalue weighted by Gasteiger charge is -2.15. The fourth-order valence-electron chi connectivity index (χ4n) is 2.05. The van der Waals surface area contributed by atoms with Gasteiger partial charge in [0, 0.05) is 12.1 Å². The van der Waals surface area contributed by atoms with Gasteiger partial charge in [-0.15, -0.1) is 0 Å². The summed E-state index contributed by atoms with van der Waals surface area (Å²) in [6.45, 7) is 7.57. The van der Waals surface area contributed by atoms with E-state index in [9.17, 15) is 0 Å². The number of hydrogen-bond acceptors (Lipinski definition) is 3. The maximum atomic E-state index is 6.31. The molecular weight excluding hydrogens is 286 g/mol. The Labute approximate surface area is 133 Å². The van der Waals surface area contributed by atoms with Gasteiger partial charge in [0.05, 0.1) is 18.2 Å². The van der Waals surface area contributed by atoms with Gasteiger partial charge in [0.2, 0.25) is 0 Å². The molecular formula is C17H28ClNO2. The molecule has 3 nitrogen and oxygen atoms in total. The molecule has 4 heteroatoms. The average Bonchev–Trinajstić information content (AvgIpc) is 2.44. The summed E-state index contributed by atoms with van der Waals surface area (Å²) in [4.78, 5) is 0. The van der Waals surface area contributed by atoms with Crippen LogP contribution in [-0.4, -0.2) is 19.3 Å². The van der Waals surface area contributed by atoms with Gasteiger partial charge in [-0.1, -0.05) is 25.4 Å². The predicted molar refractivity (Wildman–Crippen MR) is 89.6 cm³/mol. The van der Waals surface area contributed by atoms with Gasteiger partial charge in [0.25, 0.3) is 0 Å². The van der Waals surface area contributed by atoms with Crippen LogP contribution in [0.3, 0.4) is 0 Å². The van der Waals surface area contributed by atoms with Gasteiger partial charge in [-0.2, -0.15) is 0 Å². The summed E-state index contributed by atoms with van der Waals surface area (Å²) >= 11 is 6.31. The number of ether oxygens (including phenoxy) is 2. The van der Waals surface area contributed by atoms with E-state index in [0.29, 0.717) is 24.0 Å². The molecule has 1 aromatic carbocycles. The van der Waals surface area contributed by atoms with Crippen LogP contribution in [0.25, 0.3) is 0 Å². The minimum Gasteiger partial charge on any atom is -0.493 e. The number of benzene rings is 1. The minimum absolute atomic E-state index is 0.229. The van der Waals surface area contributed by atoms with Crippen molar-refractivity contribution < 1.29 is 9.47 Å². The van der Waals surface area contributed by atoms with Gasteiger partial charge in [0.1, 0.15) is 11.5 Å². The second-order valence-electron chi connectivity index (χ2n) is 5.46. The average molecular weight is 314 g/mol. The smallest absolute Gasteiger partial charge is 0.141 e. The van der Waals surface area contributed by atoms with Crippen LogP contribution in [0.1, 0.15) is 52.0 Å². The fourth-order valence-corrected chi connectivity index (χ4v) is 2.30. The molecule has 1 unspecified atom stereocenters. The molecule has 0 amide bonds. The first-order chi connectivity index (χ1) is 10.1. The molecule has 1 rings (SSSR count). The molecule has 0 radical (unpaired) electrons. The van der Waals surface area contributed by atoms with Crippen LogP contribution in [-0.2, 0) is 6.42 Å². The third-order valence-electron chi connectivity index (χ3n) is 3.14. The molecule has 0 saturated heterocycles. The van der Waals surface area contributed by atoms with Gasteiger partial charge in [-0.05, 0) is 50.7 Å². The molecule has 0 saturated carbocycles. The van der Waals surface area contributed by atoms with E-state index in [1.54, 1.807) is 0 Å². The summed E-state index contributed by atoms with van der Waals surface area (Å²) < 4.78 is 11.5. The normalized spacial score (nSPS) is 12.2. The fraction of sp³-hybridized carbons (Fsp3) is 0.647. The maximum absolute atomic E-state index is 6.31. The number of nitrogens with two attached hydrogens (primary N) is 1. The zero-order valence-corrected chi connectivity index (χ0v) is 14.2. The first-order valence-corrected chi connectivity index (χ1v) is 8.29. The molecule has 0 spiro atoms. The van der Waals surface area contributed by atoms with Crippen molar-refractivity contribution in [2.24, 2.45) is 5.73 Å². The summed E-state index contributed by atoms with van der Waals surface area (Å²) in [5.74, 6) is 1.59. The standard InChI is InChI=1S/C17H28ClNO2/c1-4-9-20-16-12-17(21-10-5-2)15(18)11-14(16)8-6-7-13(3)19/h11-13H,4-10,19H2,1-3H3. The molecule has 0 aliphatic heterocycles. The molecule has 0 aliphatic rings. The van der Waals surface area contributed by atoms with Gasteiger partial charge in [-0.25, -0.2) is 0 Å². The van der Waals surface area contributed by atoms with Crippen LogP contribution < -0.4 is 15.2 Å². The Morgan fingerprint density at radius 3 is 2.29 bits per heavy atom. The molecule has 0 fully saturated rings. The van der Waals surface area contributed by atoms with Crippen molar-refractivity contribution in [2.45, 2.75) is 58.9 Å². The van der Waals surface area contributed by atoms with Crippen molar-refractivity contribution >= 4 is 11.6 Å². The summed E-state index contributed by atoms with van der Waals surface area (Å²) in [6.07, 6.45) is 4.89. The first kappa shape index (κ1) is 18.1. The Morgan fingerprint density at radius 1 is 1.10 bits per heavy atom. The topological polar surface area (TPSA) is 44.5 Å². The Bertz CT molecular complexity index is 421. The minimum atomic E-state index is 0.229. The molecule has 120 valence electrons. The van der Waals surface area contributed by atoms with E-state index < -0.39 is 0 Å². The molecule has 21 heavy (non-hydrogen) atoms. The van der Waals surface area contributed by atoms with Gasteiger partial charge < -0.3 is 15.2 Å². The molecule has 2 N–H and O–H groups in total. The number of aryl methyl sites for hydroxylation is 1. The highest BCUT2D eigenvalue weighted by Crippen LogP contribution is 2.34. The van der Waals surface area contributed by atoms with Crippen LogP contribution in [0.4, 0.5) is 0 Å². The quantitative estimate of drug-likeness (QED) is 0.687. The van der Waals surface area contributed by atoms with Crippen LogP contribution >= 0.6 is 11.6 Å². The highest BCUT2D eigenvalue weighted by molar-refractivity contribution is 6.32. The van der Waals surface area contributed by atoms with Crippen LogP contribution in [0.5, 0.6) is 11.5 Å². The SMILES string of the molecule is CCCOc1cc(OCCC)c(CCCC(C)N)cc1Cl. The lowest BCUT2D eigenvalue weighted by atomic mass is 10.0. The number of hydrogen-bond donors (Lipinski definition) is 1. The van der Waals surface area contributed by atoms with E-state index >= 15 is 0 Å². The number of halogens is 1. The second kappa shape index (κ2) is 9.91. The highest BCUT2D eigenvalue weighted by atomic mass is 35.5. The van der Waals surface area contributed by atoms with Crippen molar-refractivity contribution in [3.05, 3.63) is 22.7 Å². The van der Waals surface area contributed by atoms with E-state index in [-0.39, 0.29) is 6.04 Å². The second-order valence-corrected chi connectivity index (χ2v) is 5.86.